The van der Waals surface area contributed by atoms with Crippen molar-refractivity contribution in [2.45, 2.75) is 219 Å². The SMILES string of the molecule is CC[C@H]1OC(=O)[C@H](C)[C@@H](O[C@H]2C[C@@](C)(OC)C(OC(=O)CCCN(CC)CC)[C@H](C)O2)[C@H](C)[C@@H](O[C@@H]2O[C@H](C)C[C@H](N(C)C)[C@H]2OC(C)=O)[C@](C)(OC)C[C@@H](C)C(=O)N[C@H](C)[C@@H](O)[C@]1(C)O. The fourth-order valence-electron chi connectivity index (χ4n) is 10.1. The molecule has 384 valence electrons. The minimum absolute atomic E-state index is 0.0605. The van der Waals surface area contributed by atoms with E-state index in [0.717, 1.165) is 19.6 Å². The number of methoxy groups -OCH3 is 2. The van der Waals surface area contributed by atoms with E-state index in [0.29, 0.717) is 12.8 Å². The molecule has 66 heavy (non-hydrogen) atoms. The number of ether oxygens (including phenoxy) is 9. The predicted octanol–water partition coefficient (Wildman–Crippen LogP) is 3.98. The number of carbonyl (C=O) groups excluding carboxylic acids is 4. The summed E-state index contributed by atoms with van der Waals surface area (Å²) in [6.45, 7) is 25.2. The van der Waals surface area contributed by atoms with Crippen molar-refractivity contribution in [3.05, 3.63) is 0 Å². The summed E-state index contributed by atoms with van der Waals surface area (Å²) >= 11 is 0. The number of nitrogens with one attached hydrogen (secondary N) is 1. The Hall–Kier alpha value is -2.52. The van der Waals surface area contributed by atoms with Gasteiger partial charge in [0.2, 0.25) is 5.91 Å². The molecule has 18 atom stereocenters. The standard InChI is InChI=1S/C48H87N3O15/c1-18-35-48(13,57)40(54)31(8)49-43(55)27(4)25-46(11,58-16)41(66-45-39(62-33(10)52)34(50(14)15)24-28(5)60-45)29(6)38(30(7)44(56)63-35)65-37-26-47(12,59-17)42(32(9)61-37)64-36(53)22-21-23-51(19-2)20-3/h27-32,34-35,37-42,45,54,57H,18-26H2,1-17H3,(H,49,55)/t27-,28-,29+,30-,31-,32+,34+,35-,37+,38+,39-,40-,41-,42?,45+,46-,47-,48-/m1/s1. The first-order chi connectivity index (χ1) is 30.7. The highest BCUT2D eigenvalue weighted by Crippen LogP contribution is 2.42. The van der Waals surface area contributed by atoms with Gasteiger partial charge in [-0.3, -0.25) is 19.2 Å². The van der Waals surface area contributed by atoms with Crippen molar-refractivity contribution >= 4 is 23.8 Å². The summed E-state index contributed by atoms with van der Waals surface area (Å²) in [6, 6.07) is -1.26. The molecule has 0 aromatic rings. The van der Waals surface area contributed by atoms with Gasteiger partial charge in [0.15, 0.2) is 24.8 Å². The van der Waals surface area contributed by atoms with Gasteiger partial charge in [-0.15, -0.1) is 0 Å². The van der Waals surface area contributed by atoms with E-state index >= 15 is 0 Å². The van der Waals surface area contributed by atoms with Crippen LogP contribution in [-0.2, 0) is 61.8 Å². The summed E-state index contributed by atoms with van der Waals surface area (Å²) in [6.07, 6.45) is -8.14. The summed E-state index contributed by atoms with van der Waals surface area (Å²) in [7, 11) is 6.81. The van der Waals surface area contributed by atoms with Crippen LogP contribution in [-0.4, -0.2) is 182 Å². The zero-order valence-corrected chi connectivity index (χ0v) is 43.1. The van der Waals surface area contributed by atoms with E-state index in [1.807, 2.05) is 39.8 Å². The van der Waals surface area contributed by atoms with Gasteiger partial charge in [0.05, 0.1) is 48.0 Å². The second kappa shape index (κ2) is 24.9. The molecule has 18 nitrogen and oxygen atoms in total. The molecule has 1 amide bonds. The van der Waals surface area contributed by atoms with E-state index in [2.05, 4.69) is 24.1 Å². The van der Waals surface area contributed by atoms with E-state index < -0.39 is 114 Å². The van der Waals surface area contributed by atoms with Gasteiger partial charge in [0, 0.05) is 45.8 Å². The highest BCUT2D eigenvalue weighted by Gasteiger charge is 2.54. The minimum Gasteiger partial charge on any atom is -0.459 e. The molecule has 3 N–H and O–H groups in total. The van der Waals surface area contributed by atoms with Crippen LogP contribution in [0.2, 0.25) is 0 Å². The highest BCUT2D eigenvalue weighted by molar-refractivity contribution is 5.78. The number of carbonyl (C=O) groups is 4. The molecular weight excluding hydrogens is 859 g/mol. The second-order valence-electron chi connectivity index (χ2n) is 19.9. The number of hydrogen-bond donors (Lipinski definition) is 3. The number of amides is 1. The smallest absolute Gasteiger partial charge is 0.311 e. The third-order valence-corrected chi connectivity index (χ3v) is 14.4. The average molecular weight is 946 g/mol. The average Bonchev–Trinajstić information content (AvgIpc) is 3.25. The molecule has 3 rings (SSSR count). The van der Waals surface area contributed by atoms with Crippen molar-refractivity contribution in [3.63, 3.8) is 0 Å². The maximum atomic E-state index is 14.6. The first kappa shape index (κ1) is 57.8. The Kier molecular flexibility index (Phi) is 21.8. The van der Waals surface area contributed by atoms with Gasteiger partial charge >= 0.3 is 17.9 Å². The number of hydrogen-bond acceptors (Lipinski definition) is 17. The van der Waals surface area contributed by atoms with Gasteiger partial charge in [0.1, 0.15) is 23.4 Å². The van der Waals surface area contributed by atoms with Crippen LogP contribution in [0.25, 0.3) is 0 Å². The normalized spacial score (nSPS) is 41.1. The first-order valence-corrected chi connectivity index (χ1v) is 24.1. The third kappa shape index (κ3) is 14.3. The molecule has 3 heterocycles. The molecule has 0 spiro atoms. The summed E-state index contributed by atoms with van der Waals surface area (Å²) in [5, 5.41) is 26.2. The van der Waals surface area contributed by atoms with Gasteiger partial charge in [-0.2, -0.15) is 0 Å². The molecule has 0 aromatic heterocycles. The number of esters is 3. The van der Waals surface area contributed by atoms with Crippen LogP contribution >= 0.6 is 0 Å². The van der Waals surface area contributed by atoms with Crippen LogP contribution in [0.1, 0.15) is 129 Å². The summed E-state index contributed by atoms with van der Waals surface area (Å²) in [5.41, 5.74) is -4.41. The Morgan fingerprint density at radius 2 is 1.47 bits per heavy atom. The number of cyclic esters (lactones) is 1. The fraction of sp³-hybridized carbons (Fsp3) is 0.917. The van der Waals surface area contributed by atoms with Crippen LogP contribution in [0.3, 0.4) is 0 Å². The molecule has 18 heteroatoms. The molecule has 0 bridgehead atoms. The van der Waals surface area contributed by atoms with E-state index in [1.54, 1.807) is 41.5 Å². The Morgan fingerprint density at radius 1 is 0.864 bits per heavy atom. The minimum atomic E-state index is -1.99. The Bertz CT molecular complexity index is 1570. The zero-order chi connectivity index (χ0) is 50.1. The second-order valence-corrected chi connectivity index (χ2v) is 19.9. The monoisotopic (exact) mass is 946 g/mol. The fourth-order valence-corrected chi connectivity index (χ4v) is 10.1. The Balaban J connectivity index is 2.20. The lowest BCUT2D eigenvalue weighted by Crippen LogP contribution is -2.61. The van der Waals surface area contributed by atoms with Crippen molar-refractivity contribution in [3.8, 4) is 0 Å². The van der Waals surface area contributed by atoms with Crippen molar-refractivity contribution in [2.75, 3.05) is 47.9 Å². The topological polar surface area (TPSA) is 210 Å². The number of likely N-dealkylation sites (N-methyl/N-ethyl adjacent to an activating group) is 1. The molecule has 0 saturated carbocycles. The van der Waals surface area contributed by atoms with E-state index in [4.69, 9.17) is 42.6 Å². The lowest BCUT2D eigenvalue weighted by molar-refractivity contribution is -0.320. The largest absolute Gasteiger partial charge is 0.459 e. The Morgan fingerprint density at radius 3 is 2.02 bits per heavy atom. The van der Waals surface area contributed by atoms with Gasteiger partial charge in [-0.1, -0.05) is 34.6 Å². The number of nitrogens with zero attached hydrogens (tertiary/aromatic N) is 2. The molecule has 3 aliphatic rings. The van der Waals surface area contributed by atoms with Crippen molar-refractivity contribution < 1.29 is 72.0 Å². The number of rotatable bonds is 16. The molecular formula is C48H87N3O15. The maximum Gasteiger partial charge on any atom is 0.311 e. The van der Waals surface area contributed by atoms with Crippen molar-refractivity contribution in [1.29, 1.82) is 0 Å². The lowest BCUT2D eigenvalue weighted by atomic mass is 9.77. The van der Waals surface area contributed by atoms with Crippen LogP contribution in [0.15, 0.2) is 0 Å². The first-order valence-electron chi connectivity index (χ1n) is 24.1. The van der Waals surface area contributed by atoms with Crippen molar-refractivity contribution in [2.24, 2.45) is 17.8 Å². The lowest BCUT2D eigenvalue weighted by Gasteiger charge is -2.50. The number of aliphatic hydroxyl groups is 2. The van der Waals surface area contributed by atoms with Crippen molar-refractivity contribution in [1.82, 2.24) is 15.1 Å². The molecule has 3 fully saturated rings. The predicted molar refractivity (Wildman–Crippen MR) is 245 cm³/mol. The quantitative estimate of drug-likeness (QED) is 0.148. The number of aliphatic hydroxyl groups excluding tert-OH is 1. The van der Waals surface area contributed by atoms with Crippen LogP contribution in [0, 0.1) is 17.8 Å². The maximum absolute atomic E-state index is 14.6. The van der Waals surface area contributed by atoms with Gasteiger partial charge in [0.25, 0.3) is 0 Å². The van der Waals surface area contributed by atoms with Gasteiger partial charge in [-0.25, -0.2) is 0 Å². The molecule has 3 saturated heterocycles. The molecule has 0 aromatic carbocycles. The van der Waals surface area contributed by atoms with Crippen LogP contribution in [0.4, 0.5) is 0 Å². The van der Waals surface area contributed by atoms with Crippen LogP contribution < -0.4 is 5.32 Å². The summed E-state index contributed by atoms with van der Waals surface area (Å²) in [4.78, 5) is 58.7. The zero-order valence-electron chi connectivity index (χ0n) is 43.1. The molecule has 1 unspecified atom stereocenters. The van der Waals surface area contributed by atoms with Gasteiger partial charge < -0.3 is 68.0 Å². The molecule has 3 aliphatic heterocycles. The van der Waals surface area contributed by atoms with Crippen LogP contribution in [0.5, 0.6) is 0 Å². The van der Waals surface area contributed by atoms with Gasteiger partial charge in [-0.05, 0) is 108 Å². The summed E-state index contributed by atoms with van der Waals surface area (Å²) in [5.74, 6) is -4.72. The molecule has 0 radical (unpaired) electrons. The third-order valence-electron chi connectivity index (χ3n) is 14.4. The highest BCUT2D eigenvalue weighted by atomic mass is 16.7. The molecule has 0 aliphatic carbocycles. The summed E-state index contributed by atoms with van der Waals surface area (Å²) < 4.78 is 57.6. The van der Waals surface area contributed by atoms with E-state index in [-0.39, 0.29) is 43.8 Å². The van der Waals surface area contributed by atoms with E-state index in [1.165, 1.54) is 28.1 Å². The van der Waals surface area contributed by atoms with E-state index in [9.17, 15) is 29.4 Å². The Labute approximate surface area is 394 Å².